The number of hydrogen-bond donors (Lipinski definition) is 1. The molecule has 3 nitrogen and oxygen atoms in total. The van der Waals surface area contributed by atoms with E-state index in [1.165, 1.54) is 16.3 Å². The largest absolute Gasteiger partial charge is 0.496 e. The third-order valence-corrected chi connectivity index (χ3v) is 4.77. The maximum atomic E-state index is 5.57. The molecular weight excluding hydrogens is 355 g/mol. The molecule has 0 spiro atoms. The molecule has 0 unspecified atom stereocenters. The fraction of sp³-hybridized carbons (Fsp3) is 0.500. The third-order valence-electron chi connectivity index (χ3n) is 4.77. The smallest absolute Gasteiger partial charge is 0.126 e. The minimum Gasteiger partial charge on any atom is -0.496 e. The SMILES string of the molecule is COc1ccc([C@@H](N2CCNCC2)C(C)(C)C)c2ccccc12.Cl.Cl. The van der Waals surface area contributed by atoms with Crippen LogP contribution in [0.1, 0.15) is 32.4 Å². The summed E-state index contributed by atoms with van der Waals surface area (Å²) in [6.45, 7) is 11.4. The van der Waals surface area contributed by atoms with Crippen LogP contribution in [-0.4, -0.2) is 38.2 Å². The molecule has 2 aromatic carbocycles. The second kappa shape index (κ2) is 9.09. The lowest BCUT2D eigenvalue weighted by Crippen LogP contribution is -2.48. The topological polar surface area (TPSA) is 24.5 Å². The number of methoxy groups -OCH3 is 1. The van der Waals surface area contributed by atoms with Crippen LogP contribution >= 0.6 is 24.8 Å². The predicted molar refractivity (Wildman–Crippen MR) is 112 cm³/mol. The molecule has 1 heterocycles. The molecule has 25 heavy (non-hydrogen) atoms. The quantitative estimate of drug-likeness (QED) is 0.830. The molecule has 3 rings (SSSR count). The Labute approximate surface area is 163 Å². The highest BCUT2D eigenvalue weighted by Crippen LogP contribution is 2.42. The fourth-order valence-electron chi connectivity index (χ4n) is 3.86. The molecule has 1 atom stereocenters. The maximum Gasteiger partial charge on any atom is 0.126 e. The van der Waals surface area contributed by atoms with Crippen LogP contribution < -0.4 is 10.1 Å². The standard InChI is InChI=1S/C20H28N2O.2ClH/c1-20(2,3)19(22-13-11-21-12-14-22)17-9-10-18(23-4)16-8-6-5-7-15(16)17;;/h5-10,19,21H,11-14H2,1-4H3;2*1H/t19-;;/m1../s1. The highest BCUT2D eigenvalue weighted by atomic mass is 35.5. The molecule has 0 amide bonds. The number of rotatable bonds is 3. The number of piperazine rings is 1. The number of halogens is 2. The molecule has 0 bridgehead atoms. The van der Waals surface area contributed by atoms with Crippen molar-refractivity contribution in [2.45, 2.75) is 26.8 Å². The van der Waals surface area contributed by atoms with Gasteiger partial charge in [-0.15, -0.1) is 24.8 Å². The molecule has 0 aromatic heterocycles. The van der Waals surface area contributed by atoms with E-state index in [1.807, 2.05) is 0 Å². The summed E-state index contributed by atoms with van der Waals surface area (Å²) in [6.07, 6.45) is 0. The first kappa shape index (κ1) is 22.0. The predicted octanol–water partition coefficient (Wildman–Crippen LogP) is 4.68. The van der Waals surface area contributed by atoms with Crippen molar-refractivity contribution in [3.05, 3.63) is 42.0 Å². The van der Waals surface area contributed by atoms with Crippen LogP contribution in [0.2, 0.25) is 0 Å². The molecule has 1 N–H and O–H groups in total. The molecular formula is C20H30Cl2N2O. The Morgan fingerprint density at radius 2 is 1.56 bits per heavy atom. The van der Waals surface area contributed by atoms with Crippen molar-refractivity contribution in [3.8, 4) is 5.75 Å². The van der Waals surface area contributed by atoms with E-state index < -0.39 is 0 Å². The summed E-state index contributed by atoms with van der Waals surface area (Å²) >= 11 is 0. The van der Waals surface area contributed by atoms with Gasteiger partial charge in [0.05, 0.1) is 7.11 Å². The van der Waals surface area contributed by atoms with Crippen molar-refractivity contribution in [1.82, 2.24) is 10.2 Å². The molecule has 0 saturated carbocycles. The number of nitrogens with zero attached hydrogens (tertiary/aromatic N) is 1. The van der Waals surface area contributed by atoms with E-state index in [4.69, 9.17) is 4.74 Å². The highest BCUT2D eigenvalue weighted by molar-refractivity contribution is 5.91. The van der Waals surface area contributed by atoms with E-state index >= 15 is 0 Å². The summed E-state index contributed by atoms with van der Waals surface area (Å²) in [5, 5.41) is 5.98. The molecule has 2 aromatic rings. The lowest BCUT2D eigenvalue weighted by atomic mass is 9.79. The summed E-state index contributed by atoms with van der Waals surface area (Å²) in [6, 6.07) is 13.4. The number of ether oxygens (including phenoxy) is 1. The molecule has 0 aliphatic carbocycles. The first-order valence-electron chi connectivity index (χ1n) is 8.53. The molecule has 1 fully saturated rings. The maximum absolute atomic E-state index is 5.57. The number of fused-ring (bicyclic) bond motifs is 1. The average molecular weight is 385 g/mol. The average Bonchev–Trinajstić information content (AvgIpc) is 2.55. The van der Waals surface area contributed by atoms with Crippen molar-refractivity contribution in [1.29, 1.82) is 0 Å². The van der Waals surface area contributed by atoms with E-state index in [0.717, 1.165) is 31.9 Å². The monoisotopic (exact) mass is 384 g/mol. The molecule has 1 aliphatic heterocycles. The Kier molecular flexibility index (Phi) is 8.01. The van der Waals surface area contributed by atoms with E-state index in [2.05, 4.69) is 67.4 Å². The van der Waals surface area contributed by atoms with Crippen molar-refractivity contribution in [2.24, 2.45) is 5.41 Å². The number of hydrogen-bond acceptors (Lipinski definition) is 3. The Bertz CT molecular complexity index is 679. The summed E-state index contributed by atoms with van der Waals surface area (Å²) in [4.78, 5) is 2.63. The molecule has 0 radical (unpaired) electrons. The zero-order valence-electron chi connectivity index (χ0n) is 15.5. The van der Waals surface area contributed by atoms with Gasteiger partial charge in [-0.25, -0.2) is 0 Å². The highest BCUT2D eigenvalue weighted by Gasteiger charge is 2.33. The zero-order chi connectivity index (χ0) is 16.4. The van der Waals surface area contributed by atoms with E-state index in [9.17, 15) is 0 Å². The second-order valence-corrected chi connectivity index (χ2v) is 7.46. The lowest BCUT2D eigenvalue weighted by molar-refractivity contribution is 0.0872. The molecule has 1 saturated heterocycles. The van der Waals surface area contributed by atoms with Crippen LogP contribution in [0, 0.1) is 5.41 Å². The van der Waals surface area contributed by atoms with E-state index in [0.29, 0.717) is 6.04 Å². The first-order chi connectivity index (χ1) is 11.0. The van der Waals surface area contributed by atoms with Crippen molar-refractivity contribution in [3.63, 3.8) is 0 Å². The fourth-order valence-corrected chi connectivity index (χ4v) is 3.86. The number of benzene rings is 2. The summed E-state index contributed by atoms with van der Waals surface area (Å²) in [5.41, 5.74) is 1.59. The Morgan fingerprint density at radius 1 is 0.960 bits per heavy atom. The molecule has 140 valence electrons. The molecule has 1 aliphatic rings. The normalized spacial score (nSPS) is 16.6. The van der Waals surface area contributed by atoms with E-state index in [1.54, 1.807) is 7.11 Å². The van der Waals surface area contributed by atoms with Crippen LogP contribution in [0.25, 0.3) is 10.8 Å². The van der Waals surface area contributed by atoms with Crippen molar-refractivity contribution in [2.75, 3.05) is 33.3 Å². The van der Waals surface area contributed by atoms with Gasteiger partial charge < -0.3 is 10.1 Å². The van der Waals surface area contributed by atoms with Gasteiger partial charge >= 0.3 is 0 Å². The second-order valence-electron chi connectivity index (χ2n) is 7.46. The van der Waals surface area contributed by atoms with Gasteiger partial charge in [0, 0.05) is 37.6 Å². The van der Waals surface area contributed by atoms with Gasteiger partial charge in [0.25, 0.3) is 0 Å². The Morgan fingerprint density at radius 3 is 2.12 bits per heavy atom. The minimum absolute atomic E-state index is 0. The number of nitrogens with one attached hydrogen (secondary N) is 1. The zero-order valence-corrected chi connectivity index (χ0v) is 17.2. The summed E-state index contributed by atoms with van der Waals surface area (Å²) in [5.74, 6) is 0.956. The van der Waals surface area contributed by atoms with Crippen LogP contribution in [-0.2, 0) is 0 Å². The first-order valence-corrected chi connectivity index (χ1v) is 8.53. The van der Waals surface area contributed by atoms with Crippen LogP contribution in [0.4, 0.5) is 0 Å². The van der Waals surface area contributed by atoms with Gasteiger partial charge in [0.15, 0.2) is 0 Å². The van der Waals surface area contributed by atoms with E-state index in [-0.39, 0.29) is 30.2 Å². The molecule has 5 heteroatoms. The minimum atomic E-state index is 0. The van der Waals surface area contributed by atoms with Gasteiger partial charge in [0.2, 0.25) is 0 Å². The van der Waals surface area contributed by atoms with Crippen molar-refractivity contribution >= 4 is 35.6 Å². The van der Waals surface area contributed by atoms with Crippen LogP contribution in [0.5, 0.6) is 5.75 Å². The van der Waals surface area contributed by atoms with Gasteiger partial charge in [-0.1, -0.05) is 51.1 Å². The van der Waals surface area contributed by atoms with Crippen molar-refractivity contribution < 1.29 is 4.74 Å². The Hall–Kier alpha value is -1.000. The van der Waals surface area contributed by atoms with Gasteiger partial charge in [-0.05, 0) is 22.4 Å². The van der Waals surface area contributed by atoms with Gasteiger partial charge in [-0.2, -0.15) is 0 Å². The summed E-state index contributed by atoms with van der Waals surface area (Å²) in [7, 11) is 1.75. The summed E-state index contributed by atoms with van der Waals surface area (Å²) < 4.78 is 5.57. The van der Waals surface area contributed by atoms with Gasteiger partial charge in [-0.3, -0.25) is 4.90 Å². The third kappa shape index (κ3) is 4.59. The Balaban J connectivity index is 0.00000156. The van der Waals surface area contributed by atoms with Crippen LogP contribution in [0.3, 0.4) is 0 Å². The van der Waals surface area contributed by atoms with Crippen LogP contribution in [0.15, 0.2) is 36.4 Å². The lowest BCUT2D eigenvalue weighted by Gasteiger charge is -2.43. The van der Waals surface area contributed by atoms with Gasteiger partial charge in [0.1, 0.15) is 5.75 Å².